The molecule has 0 spiro atoms. The van der Waals surface area contributed by atoms with E-state index in [1.165, 1.54) is 4.90 Å². The average molecular weight is 173 g/mol. The van der Waals surface area contributed by atoms with Crippen molar-refractivity contribution in [2.24, 2.45) is 5.92 Å². The second-order valence-corrected chi connectivity index (χ2v) is 3.07. The summed E-state index contributed by atoms with van der Waals surface area (Å²) >= 11 is 0. The van der Waals surface area contributed by atoms with Crippen LogP contribution in [-0.2, 0) is 9.59 Å². The molecule has 4 nitrogen and oxygen atoms in total. The molecule has 0 aromatic rings. The number of nitrogens with zero attached hydrogens (tertiary/aromatic N) is 1. The summed E-state index contributed by atoms with van der Waals surface area (Å²) in [4.78, 5) is 22.8. The zero-order valence-electron chi connectivity index (χ0n) is 7.70. The minimum absolute atomic E-state index is 0.0174. The highest BCUT2D eigenvalue weighted by Crippen LogP contribution is 2.07. The van der Waals surface area contributed by atoms with Gasteiger partial charge in [0, 0.05) is 26.4 Å². The number of carbonyl (C=O) groups is 2. The first-order valence-corrected chi connectivity index (χ1v) is 3.88. The van der Waals surface area contributed by atoms with Crippen molar-refractivity contribution in [3.05, 3.63) is 0 Å². The summed E-state index contributed by atoms with van der Waals surface area (Å²) < 4.78 is 0. The molecule has 0 aliphatic rings. The summed E-state index contributed by atoms with van der Waals surface area (Å²) in [6, 6.07) is 0. The fourth-order valence-corrected chi connectivity index (χ4v) is 0.904. The van der Waals surface area contributed by atoms with Gasteiger partial charge in [0.25, 0.3) is 0 Å². The number of carboxylic acids is 1. The molecule has 1 unspecified atom stereocenters. The van der Waals surface area contributed by atoms with Crippen molar-refractivity contribution in [1.82, 2.24) is 4.90 Å². The molecule has 1 N–H and O–H groups in total. The largest absolute Gasteiger partial charge is 0.481 e. The molecule has 1 atom stereocenters. The summed E-state index contributed by atoms with van der Waals surface area (Å²) in [5.74, 6) is -1.07. The van der Waals surface area contributed by atoms with Crippen molar-refractivity contribution >= 4 is 11.9 Å². The van der Waals surface area contributed by atoms with Gasteiger partial charge in [0.05, 0.1) is 0 Å². The predicted octanol–water partition coefficient (Wildman–Crippen LogP) is 0.575. The lowest BCUT2D eigenvalue weighted by Gasteiger charge is -2.15. The van der Waals surface area contributed by atoms with Crippen LogP contribution in [0.5, 0.6) is 0 Å². The molecule has 1 amide bonds. The minimum atomic E-state index is -0.853. The lowest BCUT2D eigenvalue weighted by Crippen LogP contribution is -2.28. The van der Waals surface area contributed by atoms with Gasteiger partial charge in [0.15, 0.2) is 0 Å². The Balaban J connectivity index is 3.79. The van der Waals surface area contributed by atoms with E-state index in [2.05, 4.69) is 0 Å². The minimum Gasteiger partial charge on any atom is -0.481 e. The van der Waals surface area contributed by atoms with Gasteiger partial charge in [-0.15, -0.1) is 0 Å². The molecular formula is C8H15NO3. The van der Waals surface area contributed by atoms with Gasteiger partial charge in [-0.1, -0.05) is 6.92 Å². The highest BCUT2D eigenvalue weighted by Gasteiger charge is 2.15. The van der Waals surface area contributed by atoms with E-state index in [0.717, 1.165) is 0 Å². The Morgan fingerprint density at radius 1 is 1.42 bits per heavy atom. The van der Waals surface area contributed by atoms with Gasteiger partial charge >= 0.3 is 5.97 Å². The lowest BCUT2D eigenvalue weighted by molar-refractivity contribution is -0.138. The van der Waals surface area contributed by atoms with Crippen LogP contribution in [0.4, 0.5) is 0 Å². The second-order valence-electron chi connectivity index (χ2n) is 3.07. The van der Waals surface area contributed by atoms with Crippen LogP contribution in [0.25, 0.3) is 0 Å². The van der Waals surface area contributed by atoms with Crippen LogP contribution in [-0.4, -0.2) is 36.0 Å². The van der Waals surface area contributed by atoms with E-state index < -0.39 is 5.97 Å². The Hall–Kier alpha value is -1.06. The molecule has 0 fully saturated rings. The molecule has 0 radical (unpaired) electrons. The van der Waals surface area contributed by atoms with E-state index in [9.17, 15) is 9.59 Å². The first-order valence-electron chi connectivity index (χ1n) is 3.88. The van der Waals surface area contributed by atoms with Crippen molar-refractivity contribution in [2.75, 3.05) is 14.1 Å². The fraction of sp³-hybridized carbons (Fsp3) is 0.750. The number of hydrogen-bond acceptors (Lipinski definition) is 2. The quantitative estimate of drug-likeness (QED) is 0.676. The fourth-order valence-electron chi connectivity index (χ4n) is 0.904. The van der Waals surface area contributed by atoms with Gasteiger partial charge in [0.2, 0.25) is 5.91 Å². The molecule has 0 saturated carbocycles. The molecule has 0 aliphatic carbocycles. The van der Waals surface area contributed by atoms with E-state index in [1.807, 2.05) is 0 Å². The van der Waals surface area contributed by atoms with Crippen LogP contribution in [0.2, 0.25) is 0 Å². The van der Waals surface area contributed by atoms with E-state index >= 15 is 0 Å². The third kappa shape index (κ3) is 3.95. The third-order valence-corrected chi connectivity index (χ3v) is 1.65. The van der Waals surface area contributed by atoms with Crippen LogP contribution in [0, 0.1) is 5.92 Å². The molecule has 0 aliphatic heterocycles. The first-order chi connectivity index (χ1) is 5.45. The molecule has 0 saturated heterocycles. The Labute approximate surface area is 72.2 Å². The number of aliphatic carboxylic acids is 1. The lowest BCUT2D eigenvalue weighted by atomic mass is 10.0. The Kier molecular flexibility index (Phi) is 4.33. The maximum absolute atomic E-state index is 11.2. The normalized spacial score (nSPS) is 12.2. The summed E-state index contributed by atoms with van der Waals surface area (Å²) in [7, 11) is 3.33. The zero-order chi connectivity index (χ0) is 9.72. The summed E-state index contributed by atoms with van der Waals surface area (Å²) in [5, 5.41) is 8.36. The number of carbonyl (C=O) groups excluding carboxylic acids is 1. The number of rotatable bonds is 4. The first kappa shape index (κ1) is 10.9. The van der Waals surface area contributed by atoms with Gasteiger partial charge in [-0.3, -0.25) is 9.59 Å². The highest BCUT2D eigenvalue weighted by molar-refractivity contribution is 5.78. The van der Waals surface area contributed by atoms with Crippen molar-refractivity contribution in [3.63, 3.8) is 0 Å². The number of carboxylic acid groups (broad SMARTS) is 1. The standard InChI is InChI=1S/C8H15NO3/c1-6(4-5-7(10)11)8(12)9(2)3/h6H,4-5H2,1-3H3,(H,10,11). The Morgan fingerprint density at radius 2 is 1.92 bits per heavy atom. The summed E-state index contributed by atoms with van der Waals surface area (Å²) in [6.45, 7) is 1.74. The van der Waals surface area contributed by atoms with Gasteiger partial charge in [-0.25, -0.2) is 0 Å². The average Bonchev–Trinajstić information content (AvgIpc) is 1.98. The number of amides is 1. The smallest absolute Gasteiger partial charge is 0.303 e. The Bertz CT molecular complexity index is 177. The van der Waals surface area contributed by atoms with E-state index in [0.29, 0.717) is 6.42 Å². The molecule has 0 bridgehead atoms. The SMILES string of the molecule is CC(CCC(=O)O)C(=O)N(C)C. The van der Waals surface area contributed by atoms with Gasteiger partial charge in [-0.05, 0) is 6.42 Å². The van der Waals surface area contributed by atoms with Crippen molar-refractivity contribution in [3.8, 4) is 0 Å². The van der Waals surface area contributed by atoms with Crippen molar-refractivity contribution in [2.45, 2.75) is 19.8 Å². The van der Waals surface area contributed by atoms with Crippen LogP contribution in [0.1, 0.15) is 19.8 Å². The van der Waals surface area contributed by atoms with Gasteiger partial charge in [-0.2, -0.15) is 0 Å². The molecule has 12 heavy (non-hydrogen) atoms. The molecule has 0 aromatic heterocycles. The molecule has 4 heteroatoms. The molecular weight excluding hydrogens is 158 g/mol. The van der Waals surface area contributed by atoms with Crippen LogP contribution >= 0.6 is 0 Å². The van der Waals surface area contributed by atoms with Crippen LogP contribution < -0.4 is 0 Å². The molecule has 0 heterocycles. The Morgan fingerprint density at radius 3 is 2.25 bits per heavy atom. The number of hydrogen-bond donors (Lipinski definition) is 1. The topological polar surface area (TPSA) is 57.6 Å². The monoisotopic (exact) mass is 173 g/mol. The maximum Gasteiger partial charge on any atom is 0.303 e. The third-order valence-electron chi connectivity index (χ3n) is 1.65. The van der Waals surface area contributed by atoms with Gasteiger partial charge < -0.3 is 10.0 Å². The van der Waals surface area contributed by atoms with E-state index in [4.69, 9.17) is 5.11 Å². The van der Waals surface area contributed by atoms with Gasteiger partial charge in [0.1, 0.15) is 0 Å². The second kappa shape index (κ2) is 4.74. The van der Waals surface area contributed by atoms with Crippen molar-refractivity contribution < 1.29 is 14.7 Å². The zero-order valence-corrected chi connectivity index (χ0v) is 7.70. The summed E-state index contributed by atoms with van der Waals surface area (Å²) in [6.07, 6.45) is 0.465. The van der Waals surface area contributed by atoms with E-state index in [-0.39, 0.29) is 18.2 Å². The predicted molar refractivity (Wildman–Crippen MR) is 44.7 cm³/mol. The highest BCUT2D eigenvalue weighted by atomic mass is 16.4. The van der Waals surface area contributed by atoms with Crippen LogP contribution in [0.3, 0.4) is 0 Å². The molecule has 0 rings (SSSR count). The van der Waals surface area contributed by atoms with Crippen LogP contribution in [0.15, 0.2) is 0 Å². The molecule has 0 aromatic carbocycles. The maximum atomic E-state index is 11.2. The van der Waals surface area contributed by atoms with Crippen molar-refractivity contribution in [1.29, 1.82) is 0 Å². The summed E-state index contributed by atoms with van der Waals surface area (Å²) in [5.41, 5.74) is 0. The molecule has 70 valence electrons. The van der Waals surface area contributed by atoms with E-state index in [1.54, 1.807) is 21.0 Å².